The number of nitrogens with one attached hydrogen (secondary N) is 2. The Bertz CT molecular complexity index is 903. The summed E-state index contributed by atoms with van der Waals surface area (Å²) in [5, 5.41) is 5.52. The Morgan fingerprint density at radius 1 is 0.853 bits per heavy atom. The summed E-state index contributed by atoms with van der Waals surface area (Å²) in [5.41, 5.74) is 1.89. The number of carbonyl (C=O) groups excluding carboxylic acids is 3. The van der Waals surface area contributed by atoms with E-state index in [2.05, 4.69) is 10.6 Å². The second-order valence-electron chi connectivity index (χ2n) is 8.70. The quantitative estimate of drug-likeness (QED) is 0.488. The zero-order valence-corrected chi connectivity index (χ0v) is 20.6. The van der Waals surface area contributed by atoms with Gasteiger partial charge in [0.2, 0.25) is 11.8 Å². The van der Waals surface area contributed by atoms with Crippen molar-refractivity contribution in [3.63, 3.8) is 0 Å². The molecule has 7 heteroatoms. The predicted molar refractivity (Wildman–Crippen MR) is 133 cm³/mol. The molecule has 0 heterocycles. The zero-order chi connectivity index (χ0) is 24.9. The average molecular weight is 468 g/mol. The van der Waals surface area contributed by atoms with E-state index in [-0.39, 0.29) is 24.3 Å². The fourth-order valence-electron chi connectivity index (χ4n) is 3.59. The molecule has 2 rings (SSSR count). The maximum absolute atomic E-state index is 13.2. The molecule has 0 radical (unpaired) electrons. The van der Waals surface area contributed by atoms with Gasteiger partial charge in [0.05, 0.1) is 0 Å². The highest BCUT2D eigenvalue weighted by Gasteiger charge is 2.29. The van der Waals surface area contributed by atoms with Crippen molar-refractivity contribution >= 4 is 17.9 Å². The third kappa shape index (κ3) is 8.89. The van der Waals surface area contributed by atoms with Gasteiger partial charge in [0.15, 0.2) is 0 Å². The molecule has 0 unspecified atom stereocenters. The molecule has 3 amide bonds. The van der Waals surface area contributed by atoms with E-state index in [4.69, 9.17) is 4.74 Å². The number of ether oxygens (including phenoxy) is 1. The molecular formula is C27H37N3O4. The van der Waals surface area contributed by atoms with E-state index in [1.54, 1.807) is 4.90 Å². The van der Waals surface area contributed by atoms with Gasteiger partial charge in [-0.3, -0.25) is 9.59 Å². The molecule has 0 bridgehead atoms. The van der Waals surface area contributed by atoms with Crippen LogP contribution in [-0.2, 0) is 27.5 Å². The number of hydrogen-bond acceptors (Lipinski definition) is 4. The lowest BCUT2D eigenvalue weighted by molar-refractivity contribution is -0.137. The number of alkyl carbamates (subject to hydrolysis) is 1. The molecule has 34 heavy (non-hydrogen) atoms. The Morgan fingerprint density at radius 2 is 1.44 bits per heavy atom. The van der Waals surface area contributed by atoms with Crippen LogP contribution in [0.1, 0.15) is 51.7 Å². The van der Waals surface area contributed by atoms with E-state index >= 15 is 0 Å². The summed E-state index contributed by atoms with van der Waals surface area (Å²) in [7, 11) is 0. The smallest absolute Gasteiger partial charge is 0.408 e. The van der Waals surface area contributed by atoms with Crippen molar-refractivity contribution in [3.05, 3.63) is 71.8 Å². The molecule has 0 aliphatic carbocycles. The number of hydrogen-bond donors (Lipinski definition) is 2. The third-order valence-electron chi connectivity index (χ3n) is 5.46. The number of carbonyl (C=O) groups is 3. The van der Waals surface area contributed by atoms with Crippen molar-refractivity contribution in [2.24, 2.45) is 5.92 Å². The number of benzene rings is 2. The van der Waals surface area contributed by atoms with Gasteiger partial charge < -0.3 is 20.3 Å². The van der Waals surface area contributed by atoms with Crippen LogP contribution in [0.2, 0.25) is 0 Å². The van der Waals surface area contributed by atoms with E-state index in [0.717, 1.165) is 11.1 Å². The van der Waals surface area contributed by atoms with E-state index in [1.807, 2.05) is 88.4 Å². The topological polar surface area (TPSA) is 87.7 Å². The van der Waals surface area contributed by atoms with Crippen molar-refractivity contribution in [1.29, 1.82) is 0 Å². The third-order valence-corrected chi connectivity index (χ3v) is 5.46. The minimum absolute atomic E-state index is 0.115. The SMILES string of the molecule is CC[C@H](NC(=O)[C@H](CC(C)C)NC(=O)OCc1ccccc1)C(=O)N(CC)Cc1ccccc1. The van der Waals surface area contributed by atoms with Crippen LogP contribution < -0.4 is 10.6 Å². The summed E-state index contributed by atoms with van der Waals surface area (Å²) in [5.74, 6) is -0.371. The summed E-state index contributed by atoms with van der Waals surface area (Å²) in [4.78, 5) is 40.3. The summed E-state index contributed by atoms with van der Waals surface area (Å²) < 4.78 is 5.29. The predicted octanol–water partition coefficient (Wildman–Crippen LogP) is 4.27. The van der Waals surface area contributed by atoms with Crippen LogP contribution in [0.15, 0.2) is 60.7 Å². The molecule has 7 nitrogen and oxygen atoms in total. The molecule has 0 aliphatic rings. The maximum atomic E-state index is 13.2. The molecule has 0 spiro atoms. The van der Waals surface area contributed by atoms with Gasteiger partial charge in [-0.2, -0.15) is 0 Å². The fraction of sp³-hybridized carbons (Fsp3) is 0.444. The molecule has 2 atom stereocenters. The van der Waals surface area contributed by atoms with Crippen molar-refractivity contribution < 1.29 is 19.1 Å². The lowest BCUT2D eigenvalue weighted by Crippen LogP contribution is -2.54. The molecule has 0 aliphatic heterocycles. The van der Waals surface area contributed by atoms with E-state index in [9.17, 15) is 14.4 Å². The van der Waals surface area contributed by atoms with Crippen LogP contribution in [-0.4, -0.2) is 41.4 Å². The molecule has 0 saturated carbocycles. The van der Waals surface area contributed by atoms with Crippen LogP contribution >= 0.6 is 0 Å². The van der Waals surface area contributed by atoms with Gasteiger partial charge in [-0.1, -0.05) is 81.4 Å². The highest BCUT2D eigenvalue weighted by atomic mass is 16.5. The first kappa shape index (κ1) is 26.9. The van der Waals surface area contributed by atoms with Crippen LogP contribution in [0, 0.1) is 5.92 Å². The molecule has 0 fully saturated rings. The second kappa shape index (κ2) is 14.0. The molecule has 2 aromatic rings. The van der Waals surface area contributed by atoms with Gasteiger partial charge >= 0.3 is 6.09 Å². The first-order chi connectivity index (χ1) is 16.3. The first-order valence-electron chi connectivity index (χ1n) is 11.9. The van der Waals surface area contributed by atoms with Crippen LogP contribution in [0.3, 0.4) is 0 Å². The van der Waals surface area contributed by atoms with Crippen LogP contribution in [0.25, 0.3) is 0 Å². The van der Waals surface area contributed by atoms with Crippen LogP contribution in [0.5, 0.6) is 0 Å². The van der Waals surface area contributed by atoms with Gasteiger partial charge in [0.25, 0.3) is 0 Å². The monoisotopic (exact) mass is 467 g/mol. The minimum Gasteiger partial charge on any atom is -0.445 e. The number of nitrogens with zero attached hydrogens (tertiary/aromatic N) is 1. The van der Waals surface area contributed by atoms with Gasteiger partial charge in [-0.25, -0.2) is 4.79 Å². The van der Waals surface area contributed by atoms with Crippen LogP contribution in [0.4, 0.5) is 4.79 Å². The van der Waals surface area contributed by atoms with Gasteiger partial charge in [-0.15, -0.1) is 0 Å². The standard InChI is InChI=1S/C27H37N3O4/c1-5-23(26(32)30(6-2)18-21-13-9-7-10-14-21)28-25(31)24(17-20(3)4)29-27(33)34-19-22-15-11-8-12-16-22/h7-16,20,23-24H,5-6,17-19H2,1-4H3,(H,28,31)(H,29,33)/t23-,24-/m0/s1. The molecule has 2 N–H and O–H groups in total. The number of amides is 3. The highest BCUT2D eigenvalue weighted by molar-refractivity contribution is 5.91. The number of rotatable bonds is 12. The van der Waals surface area contributed by atoms with Gasteiger partial charge in [0.1, 0.15) is 18.7 Å². The Labute approximate surface area is 202 Å². The van der Waals surface area contributed by atoms with E-state index in [1.165, 1.54) is 0 Å². The molecule has 2 aromatic carbocycles. The summed E-state index contributed by atoms with van der Waals surface area (Å²) in [6.07, 6.45) is 0.212. The number of likely N-dealkylation sites (N-methyl/N-ethyl adjacent to an activating group) is 1. The largest absolute Gasteiger partial charge is 0.445 e. The Morgan fingerprint density at radius 3 is 1.97 bits per heavy atom. The van der Waals surface area contributed by atoms with Crippen molar-refractivity contribution in [2.75, 3.05) is 6.54 Å². The van der Waals surface area contributed by atoms with E-state index in [0.29, 0.717) is 25.9 Å². The van der Waals surface area contributed by atoms with Gasteiger partial charge in [0, 0.05) is 13.1 Å². The second-order valence-corrected chi connectivity index (χ2v) is 8.70. The molecule has 0 aromatic heterocycles. The Hall–Kier alpha value is -3.35. The average Bonchev–Trinajstić information content (AvgIpc) is 2.84. The van der Waals surface area contributed by atoms with Crippen molar-refractivity contribution in [2.45, 2.75) is 65.8 Å². The lowest BCUT2D eigenvalue weighted by atomic mass is 10.0. The molecule has 0 saturated heterocycles. The minimum atomic E-state index is -0.797. The summed E-state index contributed by atoms with van der Waals surface area (Å²) >= 11 is 0. The molecular weight excluding hydrogens is 430 g/mol. The first-order valence-corrected chi connectivity index (χ1v) is 11.9. The van der Waals surface area contributed by atoms with Crippen molar-refractivity contribution in [1.82, 2.24) is 15.5 Å². The summed E-state index contributed by atoms with van der Waals surface area (Å²) in [6, 6.07) is 17.6. The summed E-state index contributed by atoms with van der Waals surface area (Å²) in [6.45, 7) is 8.83. The van der Waals surface area contributed by atoms with Gasteiger partial charge in [-0.05, 0) is 36.8 Å². The highest BCUT2D eigenvalue weighted by Crippen LogP contribution is 2.10. The fourth-order valence-corrected chi connectivity index (χ4v) is 3.59. The lowest BCUT2D eigenvalue weighted by Gasteiger charge is -2.28. The van der Waals surface area contributed by atoms with E-state index < -0.39 is 18.2 Å². The normalized spacial score (nSPS) is 12.5. The molecule has 184 valence electrons. The maximum Gasteiger partial charge on any atom is 0.408 e. The Balaban J connectivity index is 2.00. The zero-order valence-electron chi connectivity index (χ0n) is 20.6. The Kier molecular flexibility index (Phi) is 11.1. The van der Waals surface area contributed by atoms with Crippen molar-refractivity contribution in [3.8, 4) is 0 Å².